The molecule has 1 aromatic heterocycles. The number of para-hydroxylation sites is 1. The molecule has 0 N–H and O–H groups in total. The largest absolute Gasteiger partial charge is 0.493 e. The van der Waals surface area contributed by atoms with Crippen molar-refractivity contribution in [3.8, 4) is 17.6 Å². The van der Waals surface area contributed by atoms with Crippen molar-refractivity contribution in [2.45, 2.75) is 12.8 Å². The van der Waals surface area contributed by atoms with Crippen LogP contribution in [0.1, 0.15) is 18.4 Å². The topological polar surface area (TPSA) is 82.7 Å². The number of carbonyl (C=O) groups excluding carboxylic acids is 1. The molecule has 7 nitrogen and oxygen atoms in total. The summed E-state index contributed by atoms with van der Waals surface area (Å²) in [7, 11) is 4.33. The lowest BCUT2D eigenvalue weighted by Gasteiger charge is -2.29. The molecule has 0 aliphatic carbocycles. The van der Waals surface area contributed by atoms with Crippen molar-refractivity contribution in [1.82, 2.24) is 4.57 Å². The van der Waals surface area contributed by atoms with Crippen molar-refractivity contribution in [3.63, 3.8) is 0 Å². The first-order valence-electron chi connectivity index (χ1n) is 8.52. The van der Waals surface area contributed by atoms with Crippen LogP contribution in [0.4, 0.5) is 0 Å². The van der Waals surface area contributed by atoms with E-state index in [1.54, 1.807) is 42.1 Å². The van der Waals surface area contributed by atoms with E-state index in [4.69, 9.17) is 18.9 Å². The number of nitriles is 1. The molecule has 0 bridgehead atoms. The van der Waals surface area contributed by atoms with Crippen LogP contribution >= 0.6 is 0 Å². The number of carbonyl (C=O) groups is 1. The quantitative estimate of drug-likeness (QED) is 0.739. The molecule has 2 heterocycles. The maximum absolute atomic E-state index is 12.6. The fraction of sp³-hybridized carbons (Fsp3) is 0.238. The Labute approximate surface area is 163 Å². The summed E-state index contributed by atoms with van der Waals surface area (Å²) in [5.74, 6) is 0.288. The summed E-state index contributed by atoms with van der Waals surface area (Å²) in [5.41, 5.74) is 1.10. The van der Waals surface area contributed by atoms with Crippen LogP contribution in [0.5, 0.6) is 11.5 Å². The molecule has 1 atom stereocenters. The second kappa shape index (κ2) is 7.92. The molecule has 1 aromatic carbocycles. The number of hydrogen-bond acceptors (Lipinski definition) is 6. The molecule has 0 fully saturated rings. The highest BCUT2D eigenvalue weighted by Gasteiger charge is 2.39. The van der Waals surface area contributed by atoms with E-state index >= 15 is 0 Å². The highest BCUT2D eigenvalue weighted by Crippen LogP contribution is 2.47. The van der Waals surface area contributed by atoms with Crippen molar-refractivity contribution in [2.75, 3.05) is 21.3 Å². The summed E-state index contributed by atoms with van der Waals surface area (Å²) in [6, 6.07) is 11.2. The monoisotopic (exact) mass is 380 g/mol. The van der Waals surface area contributed by atoms with Crippen molar-refractivity contribution >= 4 is 11.9 Å². The summed E-state index contributed by atoms with van der Waals surface area (Å²) in [6.45, 7) is 1.67. The molecular formula is C21H20N2O5. The van der Waals surface area contributed by atoms with Gasteiger partial charge in [-0.3, -0.25) is 4.57 Å². The molecular weight excluding hydrogens is 360 g/mol. The Morgan fingerprint density at radius 3 is 2.43 bits per heavy atom. The van der Waals surface area contributed by atoms with E-state index in [-0.39, 0.29) is 11.1 Å². The van der Waals surface area contributed by atoms with E-state index in [0.717, 1.165) is 0 Å². The summed E-state index contributed by atoms with van der Waals surface area (Å²) in [6.07, 6.45) is 3.53. The maximum Gasteiger partial charge on any atom is 0.338 e. The van der Waals surface area contributed by atoms with Crippen LogP contribution < -0.4 is 9.47 Å². The number of aromatic nitrogens is 1. The number of methoxy groups -OCH3 is 3. The zero-order valence-electron chi connectivity index (χ0n) is 16.1. The van der Waals surface area contributed by atoms with Gasteiger partial charge < -0.3 is 18.9 Å². The van der Waals surface area contributed by atoms with Gasteiger partial charge in [-0.1, -0.05) is 12.1 Å². The van der Waals surface area contributed by atoms with Gasteiger partial charge in [0.1, 0.15) is 17.4 Å². The van der Waals surface area contributed by atoms with E-state index in [1.807, 2.05) is 12.1 Å². The molecule has 0 saturated carbocycles. The van der Waals surface area contributed by atoms with E-state index in [9.17, 15) is 10.1 Å². The Balaban J connectivity index is 2.33. The third kappa shape index (κ3) is 3.09. The van der Waals surface area contributed by atoms with E-state index in [0.29, 0.717) is 28.7 Å². The number of rotatable bonds is 5. The first-order chi connectivity index (χ1) is 13.6. The van der Waals surface area contributed by atoms with E-state index < -0.39 is 11.9 Å². The van der Waals surface area contributed by atoms with Gasteiger partial charge >= 0.3 is 5.97 Å². The van der Waals surface area contributed by atoms with Crippen LogP contribution in [0.2, 0.25) is 0 Å². The van der Waals surface area contributed by atoms with Gasteiger partial charge in [0.15, 0.2) is 11.5 Å². The molecule has 1 aliphatic rings. The number of esters is 1. The first kappa shape index (κ1) is 19.1. The van der Waals surface area contributed by atoms with Gasteiger partial charge in [-0.15, -0.1) is 0 Å². The normalized spacial score (nSPS) is 16.3. The molecule has 0 radical (unpaired) electrons. The Kier molecular flexibility index (Phi) is 5.41. The molecule has 0 spiro atoms. The average molecular weight is 380 g/mol. The number of hydrogen-bond donors (Lipinski definition) is 0. The van der Waals surface area contributed by atoms with Gasteiger partial charge in [0.05, 0.1) is 32.8 Å². The van der Waals surface area contributed by atoms with E-state index in [1.165, 1.54) is 21.3 Å². The predicted octanol–water partition coefficient (Wildman–Crippen LogP) is 3.46. The van der Waals surface area contributed by atoms with Crippen molar-refractivity contribution in [2.24, 2.45) is 0 Å². The molecule has 144 valence electrons. The Morgan fingerprint density at radius 2 is 1.86 bits per heavy atom. The zero-order valence-corrected chi connectivity index (χ0v) is 16.1. The smallest absolute Gasteiger partial charge is 0.338 e. The zero-order chi connectivity index (χ0) is 20.3. The lowest BCUT2D eigenvalue weighted by molar-refractivity contribution is -0.136. The lowest BCUT2D eigenvalue weighted by atomic mass is 9.82. The highest BCUT2D eigenvalue weighted by atomic mass is 16.5. The minimum Gasteiger partial charge on any atom is -0.493 e. The van der Waals surface area contributed by atoms with Crippen LogP contribution in [-0.2, 0) is 14.3 Å². The summed E-state index contributed by atoms with van der Waals surface area (Å²) in [5, 5.41) is 9.99. The van der Waals surface area contributed by atoms with Gasteiger partial charge in [0.25, 0.3) is 0 Å². The minimum atomic E-state index is -0.742. The van der Waals surface area contributed by atoms with Crippen LogP contribution in [0.25, 0.3) is 5.88 Å². The van der Waals surface area contributed by atoms with Gasteiger partial charge in [0.2, 0.25) is 5.88 Å². The van der Waals surface area contributed by atoms with Crippen LogP contribution in [-0.4, -0.2) is 31.9 Å². The minimum absolute atomic E-state index is 0.238. The fourth-order valence-corrected chi connectivity index (χ4v) is 3.32. The molecule has 0 saturated heterocycles. The van der Waals surface area contributed by atoms with Gasteiger partial charge in [-0.25, -0.2) is 4.79 Å². The Bertz CT molecular complexity index is 996. The third-order valence-corrected chi connectivity index (χ3v) is 4.55. The Hall–Kier alpha value is -3.66. The van der Waals surface area contributed by atoms with Crippen molar-refractivity contribution in [1.29, 1.82) is 5.26 Å². The SMILES string of the molecule is COC(=O)C1=C(C)OC(n2cccc2)=C(C#N)[C@H]1c1cccc(OC)c1OC. The van der Waals surface area contributed by atoms with Crippen molar-refractivity contribution in [3.05, 3.63) is 65.2 Å². The third-order valence-electron chi connectivity index (χ3n) is 4.55. The second-order valence-corrected chi connectivity index (χ2v) is 6.00. The highest BCUT2D eigenvalue weighted by molar-refractivity contribution is 5.93. The number of nitrogens with zero attached hydrogens (tertiary/aromatic N) is 2. The molecule has 0 unspecified atom stereocenters. The second-order valence-electron chi connectivity index (χ2n) is 6.00. The lowest BCUT2D eigenvalue weighted by Crippen LogP contribution is -2.24. The summed E-state index contributed by atoms with van der Waals surface area (Å²) >= 11 is 0. The van der Waals surface area contributed by atoms with Gasteiger partial charge in [-0.05, 0) is 25.1 Å². The van der Waals surface area contributed by atoms with Gasteiger partial charge in [0, 0.05) is 18.0 Å². The number of ether oxygens (including phenoxy) is 4. The van der Waals surface area contributed by atoms with Gasteiger partial charge in [-0.2, -0.15) is 5.26 Å². The van der Waals surface area contributed by atoms with Crippen LogP contribution in [0.15, 0.2) is 59.6 Å². The van der Waals surface area contributed by atoms with Crippen LogP contribution in [0, 0.1) is 11.3 Å². The van der Waals surface area contributed by atoms with Crippen molar-refractivity contribution < 1.29 is 23.7 Å². The molecule has 1 aliphatic heterocycles. The molecule has 2 aromatic rings. The summed E-state index contributed by atoms with van der Waals surface area (Å²) in [4.78, 5) is 12.6. The fourth-order valence-electron chi connectivity index (χ4n) is 3.32. The molecule has 0 amide bonds. The maximum atomic E-state index is 12.6. The predicted molar refractivity (Wildman–Crippen MR) is 101 cm³/mol. The van der Waals surface area contributed by atoms with Crippen LogP contribution in [0.3, 0.4) is 0 Å². The molecule has 7 heteroatoms. The average Bonchev–Trinajstić information content (AvgIpc) is 3.26. The first-order valence-corrected chi connectivity index (χ1v) is 8.52. The molecule has 3 rings (SSSR count). The standard InChI is InChI=1S/C21H20N2O5/c1-13-17(21(24)27-4)18(14-8-7-9-16(25-2)19(14)26-3)15(12-22)20(28-13)23-10-5-6-11-23/h5-11,18H,1-4H3/t18-/m1/s1. The molecule has 28 heavy (non-hydrogen) atoms. The van der Waals surface area contributed by atoms with E-state index in [2.05, 4.69) is 6.07 Å². The number of allylic oxidation sites excluding steroid dienone is 2. The summed E-state index contributed by atoms with van der Waals surface area (Å²) < 4.78 is 23.5. The number of benzene rings is 1. The Morgan fingerprint density at radius 1 is 1.14 bits per heavy atom.